The number of aryl methyl sites for hydroxylation is 1. The van der Waals surface area contributed by atoms with Crippen LogP contribution in [0.5, 0.6) is 17.2 Å². The number of nitro benzene ring substituents is 1. The Morgan fingerprint density at radius 2 is 2.00 bits per heavy atom. The van der Waals surface area contributed by atoms with E-state index in [0.717, 1.165) is 29.7 Å². The number of phenols is 1. The summed E-state index contributed by atoms with van der Waals surface area (Å²) in [5.41, 5.74) is -0.216. The maximum Gasteiger partial charge on any atom is 0.315 e. The third-order valence-electron chi connectivity index (χ3n) is 4.86. The van der Waals surface area contributed by atoms with Gasteiger partial charge in [-0.05, 0) is 24.6 Å². The average molecular weight is 457 g/mol. The Morgan fingerprint density at radius 1 is 1.30 bits per heavy atom. The van der Waals surface area contributed by atoms with Crippen molar-refractivity contribution in [2.75, 3.05) is 27.3 Å². The molecule has 11 heteroatoms. The number of phenolic OH excluding ortho intramolecular Hbond substituents is 1. The lowest BCUT2D eigenvalue weighted by molar-refractivity contribution is -0.386. The van der Waals surface area contributed by atoms with Gasteiger partial charge in [0.05, 0.1) is 25.2 Å². The highest BCUT2D eigenvalue weighted by Crippen LogP contribution is 2.38. The van der Waals surface area contributed by atoms with Crippen molar-refractivity contribution in [1.82, 2.24) is 4.90 Å². The Balaban J connectivity index is 2.25. The van der Waals surface area contributed by atoms with E-state index >= 15 is 0 Å². The first kappa shape index (κ1) is 25.0. The second kappa shape index (κ2) is 10.8. The average Bonchev–Trinajstić information content (AvgIpc) is 2.79. The molecule has 0 atom stereocenters. The molecule has 0 aromatic heterocycles. The van der Waals surface area contributed by atoms with Crippen molar-refractivity contribution >= 4 is 17.4 Å². The van der Waals surface area contributed by atoms with E-state index in [1.165, 1.54) is 7.05 Å². The maximum atomic E-state index is 12.7. The van der Waals surface area contributed by atoms with Gasteiger partial charge in [-0.2, -0.15) is 5.26 Å². The van der Waals surface area contributed by atoms with Crippen LogP contribution < -0.4 is 9.47 Å². The van der Waals surface area contributed by atoms with Crippen LogP contribution in [-0.4, -0.2) is 58.4 Å². The smallest absolute Gasteiger partial charge is 0.315 e. The third-order valence-corrected chi connectivity index (χ3v) is 4.86. The quantitative estimate of drug-likeness (QED) is 0.168. The summed E-state index contributed by atoms with van der Waals surface area (Å²) in [4.78, 5) is 24.1. The molecule has 0 radical (unpaired) electrons. The van der Waals surface area contributed by atoms with Crippen molar-refractivity contribution < 1.29 is 34.5 Å². The zero-order valence-corrected chi connectivity index (χ0v) is 18.2. The predicted molar refractivity (Wildman–Crippen MR) is 117 cm³/mol. The van der Waals surface area contributed by atoms with E-state index in [0.29, 0.717) is 11.3 Å². The van der Waals surface area contributed by atoms with Crippen LogP contribution in [-0.2, 0) is 11.4 Å². The lowest BCUT2D eigenvalue weighted by Gasteiger charge is -2.19. The molecule has 174 valence electrons. The first-order valence-corrected chi connectivity index (χ1v) is 9.62. The summed E-state index contributed by atoms with van der Waals surface area (Å²) in [6, 6.07) is 8.77. The first-order chi connectivity index (χ1) is 15.7. The summed E-state index contributed by atoms with van der Waals surface area (Å²) in [6.45, 7) is 1.68. The van der Waals surface area contributed by atoms with Gasteiger partial charge in [-0.1, -0.05) is 12.1 Å². The van der Waals surface area contributed by atoms with Crippen LogP contribution in [0.15, 0.2) is 35.9 Å². The van der Waals surface area contributed by atoms with Gasteiger partial charge in [0, 0.05) is 24.2 Å². The molecular formula is C22H23N3O8. The molecule has 2 aromatic carbocycles. The number of benzene rings is 2. The molecule has 0 saturated carbocycles. The Hall–Kier alpha value is -4.30. The molecule has 0 spiro atoms. The normalized spacial score (nSPS) is 11.2. The van der Waals surface area contributed by atoms with Crippen molar-refractivity contribution in [2.24, 2.45) is 0 Å². The third kappa shape index (κ3) is 5.50. The first-order valence-electron chi connectivity index (χ1n) is 9.62. The number of ether oxygens (including phenoxy) is 2. The van der Waals surface area contributed by atoms with E-state index in [9.17, 15) is 35.5 Å². The van der Waals surface area contributed by atoms with Crippen LogP contribution in [0.2, 0.25) is 0 Å². The number of aromatic hydroxyl groups is 1. The number of nitro groups is 1. The molecule has 0 heterocycles. The number of aliphatic hydroxyl groups excluding tert-OH is 2. The fourth-order valence-electron chi connectivity index (χ4n) is 2.97. The minimum absolute atomic E-state index is 0.0369. The molecule has 0 bridgehead atoms. The molecule has 0 saturated heterocycles. The molecule has 0 aliphatic heterocycles. The molecule has 33 heavy (non-hydrogen) atoms. The number of nitrogens with zero attached hydrogens (tertiary/aromatic N) is 3. The van der Waals surface area contributed by atoms with Gasteiger partial charge in [0.15, 0.2) is 11.3 Å². The van der Waals surface area contributed by atoms with Crippen molar-refractivity contribution in [2.45, 2.75) is 13.5 Å². The van der Waals surface area contributed by atoms with E-state index in [1.807, 2.05) is 13.0 Å². The predicted octanol–water partition coefficient (Wildman–Crippen LogP) is 2.44. The van der Waals surface area contributed by atoms with Crippen molar-refractivity contribution in [3.63, 3.8) is 0 Å². The van der Waals surface area contributed by atoms with Crippen LogP contribution in [0, 0.1) is 28.4 Å². The van der Waals surface area contributed by atoms with Gasteiger partial charge in [-0.3, -0.25) is 14.9 Å². The van der Waals surface area contributed by atoms with Crippen LogP contribution in [0.3, 0.4) is 0 Å². The van der Waals surface area contributed by atoms with Crippen molar-refractivity contribution in [3.8, 4) is 23.3 Å². The van der Waals surface area contributed by atoms with Gasteiger partial charge in [-0.25, -0.2) is 0 Å². The summed E-state index contributed by atoms with van der Waals surface area (Å²) in [5, 5.41) is 50.5. The fourth-order valence-corrected chi connectivity index (χ4v) is 2.97. The zero-order chi connectivity index (χ0) is 24.7. The fraction of sp³-hybridized carbons (Fsp3) is 0.273. The van der Waals surface area contributed by atoms with Crippen molar-refractivity contribution in [3.05, 3.63) is 62.7 Å². The van der Waals surface area contributed by atoms with Crippen LogP contribution in [0.1, 0.15) is 16.7 Å². The number of methoxy groups -OCH3 is 1. The second-order valence-electron chi connectivity index (χ2n) is 6.92. The molecule has 2 aromatic rings. The maximum absolute atomic E-state index is 12.7. The number of carbonyl (C=O) groups excluding carboxylic acids is 1. The largest absolute Gasteiger partial charge is 0.506 e. The number of amides is 1. The Labute approximate surface area is 189 Å². The van der Waals surface area contributed by atoms with Gasteiger partial charge in [0.25, 0.3) is 5.91 Å². The lowest BCUT2D eigenvalue weighted by atomic mass is 10.1. The number of rotatable bonds is 9. The molecule has 1 amide bonds. The monoisotopic (exact) mass is 457 g/mol. The number of hydrogen-bond donors (Lipinski definition) is 3. The zero-order valence-electron chi connectivity index (χ0n) is 18.2. The van der Waals surface area contributed by atoms with Crippen LogP contribution in [0.4, 0.5) is 5.69 Å². The van der Waals surface area contributed by atoms with E-state index in [1.54, 1.807) is 18.2 Å². The number of carbonyl (C=O) groups is 1. The number of nitriles is 1. The molecule has 3 N–H and O–H groups in total. The number of hydrogen-bond acceptors (Lipinski definition) is 9. The molecule has 11 nitrogen and oxygen atoms in total. The van der Waals surface area contributed by atoms with Gasteiger partial charge < -0.3 is 29.7 Å². The molecular weight excluding hydrogens is 434 g/mol. The molecule has 0 aliphatic rings. The Bertz CT molecular complexity index is 1140. The summed E-state index contributed by atoms with van der Waals surface area (Å²) < 4.78 is 10.5. The molecule has 0 aliphatic carbocycles. The summed E-state index contributed by atoms with van der Waals surface area (Å²) >= 11 is 0. The topological polar surface area (TPSA) is 166 Å². The lowest BCUT2D eigenvalue weighted by Crippen LogP contribution is -2.32. The SMILES string of the molecule is COc1cc(/C(O)=C(\C#N)C(=O)N(C)CCOc2cccc(C)c2CO)cc([N+](=O)[O-])c1O. The van der Waals surface area contributed by atoms with Crippen LogP contribution in [0.25, 0.3) is 5.76 Å². The van der Waals surface area contributed by atoms with Gasteiger partial charge in [-0.15, -0.1) is 0 Å². The minimum Gasteiger partial charge on any atom is -0.506 e. The Morgan fingerprint density at radius 3 is 2.58 bits per heavy atom. The summed E-state index contributed by atoms with van der Waals surface area (Å²) in [6.07, 6.45) is 0. The highest BCUT2D eigenvalue weighted by atomic mass is 16.6. The summed E-state index contributed by atoms with van der Waals surface area (Å²) in [7, 11) is 2.54. The number of likely N-dealkylation sites (N-methyl/N-ethyl adjacent to an activating group) is 1. The highest BCUT2D eigenvalue weighted by molar-refractivity contribution is 6.03. The molecule has 0 unspecified atom stereocenters. The van der Waals surface area contributed by atoms with E-state index in [4.69, 9.17) is 9.47 Å². The minimum atomic E-state index is -0.891. The van der Waals surface area contributed by atoms with E-state index < -0.39 is 33.6 Å². The van der Waals surface area contributed by atoms with Gasteiger partial charge in [0.1, 0.15) is 24.2 Å². The standard InChI is InChI=1S/C22H23N3O8/c1-13-5-4-6-18(16(13)12-26)33-8-7-24(2)22(29)15(11-23)20(27)14-9-17(25(30)31)21(28)19(10-14)32-3/h4-6,9-10,26-28H,7-8,12H2,1-3H3/b20-15-. The van der Waals surface area contributed by atoms with E-state index in [-0.39, 0.29) is 31.1 Å². The van der Waals surface area contributed by atoms with Gasteiger partial charge >= 0.3 is 5.69 Å². The highest BCUT2D eigenvalue weighted by Gasteiger charge is 2.25. The van der Waals surface area contributed by atoms with Crippen molar-refractivity contribution in [1.29, 1.82) is 5.26 Å². The Kier molecular flexibility index (Phi) is 8.19. The number of aliphatic hydroxyl groups is 2. The van der Waals surface area contributed by atoms with Gasteiger partial charge in [0.2, 0.25) is 5.75 Å². The van der Waals surface area contributed by atoms with Crippen LogP contribution >= 0.6 is 0 Å². The molecule has 0 fully saturated rings. The summed E-state index contributed by atoms with van der Waals surface area (Å²) in [5.74, 6) is -2.26. The van der Waals surface area contributed by atoms with E-state index in [2.05, 4.69) is 0 Å². The second-order valence-corrected chi connectivity index (χ2v) is 6.92. The molecule has 2 rings (SSSR count).